The van der Waals surface area contributed by atoms with Crippen molar-refractivity contribution in [2.75, 3.05) is 27.9 Å². The maximum atomic E-state index is 12.7. The standard InChI is InChI=1S/C16H21NO5/c1-20-12-8-10(9-13(21-2)15(12)22-3)14(18)11-6-4-5-7-17-16(11)19/h8-9,11H,4-7H2,1-3H3,(H,17,19). The number of nitrogens with one attached hydrogen (secondary N) is 1. The van der Waals surface area contributed by atoms with Crippen molar-refractivity contribution in [1.29, 1.82) is 0 Å². The second kappa shape index (κ2) is 7.15. The van der Waals surface area contributed by atoms with Crippen molar-refractivity contribution in [3.8, 4) is 17.2 Å². The molecule has 1 N–H and O–H groups in total. The number of ketones is 1. The normalized spacial score (nSPS) is 18.1. The van der Waals surface area contributed by atoms with Gasteiger partial charge in [0.05, 0.1) is 21.3 Å². The molecule has 0 saturated carbocycles. The number of amides is 1. The zero-order chi connectivity index (χ0) is 16.1. The number of benzene rings is 1. The van der Waals surface area contributed by atoms with Crippen LogP contribution in [0, 0.1) is 5.92 Å². The first-order valence-electron chi connectivity index (χ1n) is 7.24. The van der Waals surface area contributed by atoms with Crippen molar-refractivity contribution < 1.29 is 23.8 Å². The molecule has 0 radical (unpaired) electrons. The summed E-state index contributed by atoms with van der Waals surface area (Å²) >= 11 is 0. The van der Waals surface area contributed by atoms with Crippen LogP contribution in [0.1, 0.15) is 29.6 Å². The van der Waals surface area contributed by atoms with Crippen LogP contribution in [-0.2, 0) is 4.79 Å². The van der Waals surface area contributed by atoms with E-state index >= 15 is 0 Å². The van der Waals surface area contributed by atoms with Crippen molar-refractivity contribution in [2.24, 2.45) is 5.92 Å². The third-order valence-electron chi connectivity index (χ3n) is 3.80. The molecule has 22 heavy (non-hydrogen) atoms. The van der Waals surface area contributed by atoms with Gasteiger partial charge in [0.1, 0.15) is 5.92 Å². The molecule has 1 aliphatic heterocycles. The van der Waals surface area contributed by atoms with E-state index in [0.29, 0.717) is 35.8 Å². The minimum absolute atomic E-state index is 0.212. The SMILES string of the molecule is COc1cc(C(=O)C2CCCCNC2=O)cc(OC)c1OC. The van der Waals surface area contributed by atoms with Gasteiger partial charge in [-0.05, 0) is 25.0 Å². The van der Waals surface area contributed by atoms with E-state index in [4.69, 9.17) is 14.2 Å². The van der Waals surface area contributed by atoms with Crippen molar-refractivity contribution in [2.45, 2.75) is 19.3 Å². The Balaban J connectivity index is 2.38. The van der Waals surface area contributed by atoms with Crippen molar-refractivity contribution in [3.05, 3.63) is 17.7 Å². The van der Waals surface area contributed by atoms with Crippen LogP contribution in [0.15, 0.2) is 12.1 Å². The molecule has 1 aromatic carbocycles. The lowest BCUT2D eigenvalue weighted by molar-refractivity contribution is -0.123. The van der Waals surface area contributed by atoms with Gasteiger partial charge in [0.15, 0.2) is 17.3 Å². The molecule has 1 amide bonds. The van der Waals surface area contributed by atoms with E-state index in [9.17, 15) is 9.59 Å². The van der Waals surface area contributed by atoms with Gasteiger partial charge >= 0.3 is 0 Å². The number of carbonyl (C=O) groups excluding carboxylic acids is 2. The molecule has 1 atom stereocenters. The van der Waals surface area contributed by atoms with E-state index in [0.717, 1.165) is 12.8 Å². The molecule has 1 unspecified atom stereocenters. The Bertz CT molecular complexity index is 545. The van der Waals surface area contributed by atoms with Gasteiger partial charge in [0, 0.05) is 12.1 Å². The van der Waals surface area contributed by atoms with Crippen molar-refractivity contribution in [3.63, 3.8) is 0 Å². The Morgan fingerprint density at radius 1 is 1.09 bits per heavy atom. The predicted molar refractivity (Wildman–Crippen MR) is 80.8 cm³/mol. The predicted octanol–water partition coefficient (Wildman–Crippen LogP) is 1.81. The zero-order valence-electron chi connectivity index (χ0n) is 13.1. The maximum absolute atomic E-state index is 12.7. The van der Waals surface area contributed by atoms with Crippen molar-refractivity contribution >= 4 is 11.7 Å². The van der Waals surface area contributed by atoms with E-state index in [2.05, 4.69) is 5.32 Å². The largest absolute Gasteiger partial charge is 0.493 e. The van der Waals surface area contributed by atoms with Crippen LogP contribution in [0.25, 0.3) is 0 Å². The minimum atomic E-state index is -0.662. The lowest BCUT2D eigenvalue weighted by Crippen LogP contribution is -2.33. The second-order valence-electron chi connectivity index (χ2n) is 5.12. The molecular formula is C16H21NO5. The second-order valence-corrected chi connectivity index (χ2v) is 5.12. The average Bonchev–Trinajstić information content (AvgIpc) is 2.77. The summed E-state index contributed by atoms with van der Waals surface area (Å²) in [6, 6.07) is 3.17. The summed E-state index contributed by atoms with van der Waals surface area (Å²) in [5.74, 6) is 0.130. The van der Waals surface area contributed by atoms with Crippen LogP contribution in [-0.4, -0.2) is 39.6 Å². The highest BCUT2D eigenvalue weighted by molar-refractivity contribution is 6.10. The van der Waals surface area contributed by atoms with E-state index in [-0.39, 0.29) is 11.7 Å². The molecule has 1 fully saturated rings. The fourth-order valence-corrected chi connectivity index (χ4v) is 2.61. The average molecular weight is 307 g/mol. The molecule has 0 aromatic heterocycles. The van der Waals surface area contributed by atoms with E-state index < -0.39 is 5.92 Å². The lowest BCUT2D eigenvalue weighted by atomic mass is 9.92. The van der Waals surface area contributed by atoms with E-state index in [1.165, 1.54) is 21.3 Å². The summed E-state index contributed by atoms with van der Waals surface area (Å²) in [5.41, 5.74) is 0.386. The molecular weight excluding hydrogens is 286 g/mol. The fraction of sp³-hybridized carbons (Fsp3) is 0.500. The molecule has 0 spiro atoms. The molecule has 6 nitrogen and oxygen atoms in total. The van der Waals surface area contributed by atoms with E-state index in [1.54, 1.807) is 12.1 Å². The smallest absolute Gasteiger partial charge is 0.230 e. The summed E-state index contributed by atoms with van der Waals surface area (Å²) in [5, 5.41) is 2.78. The zero-order valence-corrected chi connectivity index (χ0v) is 13.1. The summed E-state index contributed by atoms with van der Waals surface area (Å²) < 4.78 is 15.7. The third-order valence-corrected chi connectivity index (χ3v) is 3.80. The highest BCUT2D eigenvalue weighted by Crippen LogP contribution is 2.39. The number of rotatable bonds is 5. The summed E-state index contributed by atoms with van der Waals surface area (Å²) in [7, 11) is 4.48. The fourth-order valence-electron chi connectivity index (χ4n) is 2.61. The molecule has 1 aliphatic rings. The van der Waals surface area contributed by atoms with Gasteiger partial charge in [-0.2, -0.15) is 0 Å². The van der Waals surface area contributed by atoms with Crippen LogP contribution in [0.5, 0.6) is 17.2 Å². The maximum Gasteiger partial charge on any atom is 0.230 e. The number of ether oxygens (including phenoxy) is 3. The van der Waals surface area contributed by atoms with Crippen LogP contribution in [0.4, 0.5) is 0 Å². The number of carbonyl (C=O) groups is 2. The summed E-state index contributed by atoms with van der Waals surface area (Å²) in [4.78, 5) is 24.7. The van der Waals surface area contributed by atoms with Crippen LogP contribution >= 0.6 is 0 Å². The van der Waals surface area contributed by atoms with Gasteiger partial charge in [-0.1, -0.05) is 6.42 Å². The Kier molecular flexibility index (Phi) is 5.25. The van der Waals surface area contributed by atoms with Gasteiger partial charge < -0.3 is 19.5 Å². The van der Waals surface area contributed by atoms with Crippen LogP contribution in [0.3, 0.4) is 0 Å². The molecule has 120 valence electrons. The first-order valence-corrected chi connectivity index (χ1v) is 7.24. The Hall–Kier alpha value is -2.24. The molecule has 6 heteroatoms. The summed E-state index contributed by atoms with van der Waals surface area (Å²) in [6.07, 6.45) is 2.30. The minimum Gasteiger partial charge on any atom is -0.493 e. The number of Topliss-reactive ketones (excluding diaryl/α,β-unsaturated/α-hetero) is 1. The highest BCUT2D eigenvalue weighted by Gasteiger charge is 2.30. The van der Waals surface area contributed by atoms with Gasteiger partial charge in [0.2, 0.25) is 11.7 Å². The Morgan fingerprint density at radius 2 is 1.73 bits per heavy atom. The van der Waals surface area contributed by atoms with Gasteiger partial charge in [-0.15, -0.1) is 0 Å². The lowest BCUT2D eigenvalue weighted by Gasteiger charge is -2.16. The Morgan fingerprint density at radius 3 is 2.27 bits per heavy atom. The summed E-state index contributed by atoms with van der Waals surface area (Å²) in [6.45, 7) is 0.623. The van der Waals surface area contributed by atoms with Gasteiger partial charge in [-0.3, -0.25) is 9.59 Å². The number of hydrogen-bond acceptors (Lipinski definition) is 5. The highest BCUT2D eigenvalue weighted by atomic mass is 16.5. The van der Waals surface area contributed by atoms with Gasteiger partial charge in [-0.25, -0.2) is 0 Å². The monoisotopic (exact) mass is 307 g/mol. The Labute approximate surface area is 129 Å². The number of hydrogen-bond donors (Lipinski definition) is 1. The van der Waals surface area contributed by atoms with Crippen LogP contribution < -0.4 is 19.5 Å². The van der Waals surface area contributed by atoms with Gasteiger partial charge in [0.25, 0.3) is 0 Å². The molecule has 2 rings (SSSR count). The first-order chi connectivity index (χ1) is 10.6. The molecule has 1 saturated heterocycles. The molecule has 1 aromatic rings. The van der Waals surface area contributed by atoms with Crippen molar-refractivity contribution in [1.82, 2.24) is 5.32 Å². The van der Waals surface area contributed by atoms with Crippen LogP contribution in [0.2, 0.25) is 0 Å². The third kappa shape index (κ3) is 3.16. The first kappa shape index (κ1) is 16.1. The number of methoxy groups -OCH3 is 3. The molecule has 1 heterocycles. The topological polar surface area (TPSA) is 73.9 Å². The molecule has 0 aliphatic carbocycles. The van der Waals surface area contributed by atoms with E-state index in [1.807, 2.05) is 0 Å². The quantitative estimate of drug-likeness (QED) is 0.663. The molecule has 0 bridgehead atoms.